The third-order valence-electron chi connectivity index (χ3n) is 6.30. The van der Waals surface area contributed by atoms with Gasteiger partial charge in [-0.25, -0.2) is 4.98 Å². The zero-order chi connectivity index (χ0) is 22.0. The van der Waals surface area contributed by atoms with Gasteiger partial charge in [0.05, 0.1) is 28.8 Å². The third kappa shape index (κ3) is 2.75. The molecule has 5 heteroatoms. The van der Waals surface area contributed by atoms with Crippen LogP contribution in [0.4, 0.5) is 0 Å². The normalized spacial score (nSPS) is 15.9. The van der Waals surface area contributed by atoms with Crippen molar-refractivity contribution in [2.24, 2.45) is 0 Å². The van der Waals surface area contributed by atoms with Crippen LogP contribution in [0.3, 0.4) is 0 Å². The van der Waals surface area contributed by atoms with E-state index in [9.17, 15) is 0 Å². The van der Waals surface area contributed by atoms with Gasteiger partial charge in [0.2, 0.25) is 0 Å². The monoisotopic (exact) mass is 418 g/mol. The molecule has 0 amide bonds. The number of benzene rings is 3. The highest BCUT2D eigenvalue weighted by atomic mass is 16.7. The number of fused-ring (bicyclic) bond motifs is 8. The SMILES string of the molecule is C=Cc1cc2c3ccc(B4OCC(C)(C)O4)cc3n3c4ccccc4nc3c2cc1C=C. The van der Waals surface area contributed by atoms with Gasteiger partial charge in [0, 0.05) is 10.8 Å². The van der Waals surface area contributed by atoms with Crippen molar-refractivity contribution >= 4 is 63.1 Å². The van der Waals surface area contributed by atoms with Crippen LogP contribution in [0.2, 0.25) is 0 Å². The Morgan fingerprint density at radius 2 is 1.69 bits per heavy atom. The zero-order valence-electron chi connectivity index (χ0n) is 18.3. The van der Waals surface area contributed by atoms with Crippen molar-refractivity contribution < 1.29 is 9.31 Å². The van der Waals surface area contributed by atoms with E-state index in [0.717, 1.165) is 54.9 Å². The van der Waals surface area contributed by atoms with Crippen LogP contribution in [0.1, 0.15) is 25.0 Å². The van der Waals surface area contributed by atoms with Crippen molar-refractivity contribution in [3.63, 3.8) is 0 Å². The van der Waals surface area contributed by atoms with Gasteiger partial charge >= 0.3 is 7.12 Å². The van der Waals surface area contributed by atoms with Crippen molar-refractivity contribution in [2.45, 2.75) is 19.4 Å². The van der Waals surface area contributed by atoms with Crippen LogP contribution in [0.25, 0.3) is 50.5 Å². The summed E-state index contributed by atoms with van der Waals surface area (Å²) in [7, 11) is -0.373. The fourth-order valence-electron chi connectivity index (χ4n) is 4.75. The van der Waals surface area contributed by atoms with Gasteiger partial charge in [0.15, 0.2) is 0 Å². The molecule has 0 unspecified atom stereocenters. The second kappa shape index (κ2) is 6.79. The highest BCUT2D eigenvalue weighted by Gasteiger charge is 2.38. The number of nitrogens with zero attached hydrogens (tertiary/aromatic N) is 2. The van der Waals surface area contributed by atoms with E-state index < -0.39 is 0 Å². The van der Waals surface area contributed by atoms with E-state index in [4.69, 9.17) is 14.3 Å². The van der Waals surface area contributed by atoms with Gasteiger partial charge in [0.1, 0.15) is 5.65 Å². The maximum atomic E-state index is 6.15. The van der Waals surface area contributed by atoms with Gasteiger partial charge in [-0.1, -0.05) is 49.6 Å². The summed E-state index contributed by atoms with van der Waals surface area (Å²) >= 11 is 0. The molecule has 0 aliphatic carbocycles. The molecule has 0 bridgehead atoms. The summed E-state index contributed by atoms with van der Waals surface area (Å²) in [4.78, 5) is 5.01. The van der Waals surface area contributed by atoms with Gasteiger partial charge in [-0.2, -0.15) is 0 Å². The predicted octanol–water partition coefficient (Wildman–Crippen LogP) is 5.60. The molecule has 1 aliphatic heterocycles. The molecule has 2 aromatic heterocycles. The minimum absolute atomic E-state index is 0.292. The van der Waals surface area contributed by atoms with Crippen molar-refractivity contribution in [1.29, 1.82) is 0 Å². The van der Waals surface area contributed by atoms with Gasteiger partial charge in [0.25, 0.3) is 0 Å². The molecular formula is C27H23BN2O2. The predicted molar refractivity (Wildman–Crippen MR) is 134 cm³/mol. The lowest BCUT2D eigenvalue weighted by Crippen LogP contribution is -2.34. The van der Waals surface area contributed by atoms with Crippen molar-refractivity contribution in [2.75, 3.05) is 6.61 Å². The van der Waals surface area contributed by atoms with E-state index >= 15 is 0 Å². The number of hydrogen-bond donors (Lipinski definition) is 0. The molecule has 5 aromatic rings. The highest BCUT2D eigenvalue weighted by Crippen LogP contribution is 2.34. The molecule has 0 saturated carbocycles. The quantitative estimate of drug-likeness (QED) is 0.283. The first kappa shape index (κ1) is 19.3. The fraction of sp³-hybridized carbons (Fsp3) is 0.148. The topological polar surface area (TPSA) is 35.8 Å². The molecule has 3 heterocycles. The maximum absolute atomic E-state index is 6.15. The Balaban J connectivity index is 1.76. The number of imidazole rings is 1. The Morgan fingerprint density at radius 1 is 0.938 bits per heavy atom. The summed E-state index contributed by atoms with van der Waals surface area (Å²) in [5.41, 5.74) is 6.88. The number of para-hydroxylation sites is 2. The van der Waals surface area contributed by atoms with Crippen LogP contribution in [0.15, 0.2) is 67.8 Å². The molecule has 3 aromatic carbocycles. The van der Waals surface area contributed by atoms with Gasteiger partial charge in [-0.15, -0.1) is 0 Å². The Hall–Kier alpha value is -3.41. The molecule has 0 N–H and O–H groups in total. The molecule has 4 nitrogen and oxygen atoms in total. The molecule has 0 atom stereocenters. The Labute approximate surface area is 186 Å². The lowest BCUT2D eigenvalue weighted by Gasteiger charge is -2.16. The third-order valence-corrected chi connectivity index (χ3v) is 6.30. The van der Waals surface area contributed by atoms with Crippen molar-refractivity contribution in [1.82, 2.24) is 9.38 Å². The second-order valence-electron chi connectivity index (χ2n) is 8.99. The van der Waals surface area contributed by atoms with E-state index in [1.807, 2.05) is 18.2 Å². The first-order chi connectivity index (χ1) is 15.5. The first-order valence-corrected chi connectivity index (χ1v) is 10.8. The van der Waals surface area contributed by atoms with Crippen molar-refractivity contribution in [3.05, 3.63) is 78.9 Å². The first-order valence-electron chi connectivity index (χ1n) is 10.8. The molecule has 0 radical (unpaired) electrons. The Bertz CT molecular complexity index is 1580. The van der Waals surface area contributed by atoms with Crippen LogP contribution in [-0.2, 0) is 9.31 Å². The molecular weight excluding hydrogens is 395 g/mol. The van der Waals surface area contributed by atoms with E-state index in [-0.39, 0.29) is 12.7 Å². The molecule has 1 saturated heterocycles. The molecule has 1 aliphatic rings. The number of pyridine rings is 1. The summed E-state index contributed by atoms with van der Waals surface area (Å²) < 4.78 is 14.4. The Morgan fingerprint density at radius 3 is 2.41 bits per heavy atom. The minimum atomic E-state index is -0.373. The standard InChI is InChI=1S/C27H23BN2O2/c1-5-17-13-21-20-12-11-19(28-31-16-27(3,4)32-28)15-25(20)30-24-10-8-7-9-23(24)29-26(30)22(21)14-18(17)6-2/h5-15H,1-2,16H2,3-4H3. The molecule has 1 fully saturated rings. The average Bonchev–Trinajstić information content (AvgIpc) is 3.38. The highest BCUT2D eigenvalue weighted by molar-refractivity contribution is 6.62. The Kier molecular flexibility index (Phi) is 4.10. The molecule has 32 heavy (non-hydrogen) atoms. The molecule has 156 valence electrons. The van der Waals surface area contributed by atoms with E-state index in [1.165, 1.54) is 0 Å². The van der Waals surface area contributed by atoms with Gasteiger partial charge in [-0.3, -0.25) is 4.40 Å². The summed E-state index contributed by atoms with van der Waals surface area (Å²) in [5, 5.41) is 3.38. The smallest absolute Gasteiger partial charge is 0.404 e. The average molecular weight is 418 g/mol. The van der Waals surface area contributed by atoms with Gasteiger partial charge < -0.3 is 9.31 Å². The van der Waals surface area contributed by atoms with Crippen LogP contribution >= 0.6 is 0 Å². The van der Waals surface area contributed by atoms with Crippen molar-refractivity contribution in [3.8, 4) is 0 Å². The van der Waals surface area contributed by atoms with Crippen LogP contribution in [0.5, 0.6) is 0 Å². The largest absolute Gasteiger partial charge is 0.494 e. The summed E-state index contributed by atoms with van der Waals surface area (Å²) in [6.07, 6.45) is 3.75. The van der Waals surface area contributed by atoms with E-state index in [0.29, 0.717) is 6.61 Å². The molecule has 0 spiro atoms. The zero-order valence-corrected chi connectivity index (χ0v) is 18.3. The number of aromatic nitrogens is 2. The maximum Gasteiger partial charge on any atom is 0.494 e. The lowest BCUT2D eigenvalue weighted by atomic mass is 9.78. The van der Waals surface area contributed by atoms with Gasteiger partial charge in [-0.05, 0) is 66.2 Å². The molecule has 6 rings (SSSR count). The van der Waals surface area contributed by atoms with E-state index in [2.05, 4.69) is 79.9 Å². The minimum Gasteiger partial charge on any atom is -0.404 e. The summed E-state index contributed by atoms with van der Waals surface area (Å²) in [6.45, 7) is 12.7. The van der Waals surface area contributed by atoms with Crippen LogP contribution in [0, 0.1) is 0 Å². The lowest BCUT2D eigenvalue weighted by molar-refractivity contribution is 0.137. The summed E-state index contributed by atoms with van der Waals surface area (Å²) in [6, 6.07) is 19.1. The summed E-state index contributed by atoms with van der Waals surface area (Å²) in [5.74, 6) is 0. The number of rotatable bonds is 3. The van der Waals surface area contributed by atoms with E-state index in [1.54, 1.807) is 0 Å². The van der Waals surface area contributed by atoms with Crippen LogP contribution < -0.4 is 5.46 Å². The fourth-order valence-corrected chi connectivity index (χ4v) is 4.75. The number of hydrogen-bond acceptors (Lipinski definition) is 3. The second-order valence-corrected chi connectivity index (χ2v) is 8.99. The van der Waals surface area contributed by atoms with Crippen LogP contribution in [-0.4, -0.2) is 28.7 Å².